The summed E-state index contributed by atoms with van der Waals surface area (Å²) in [5.74, 6) is -0.0666. The van der Waals surface area contributed by atoms with Crippen molar-refractivity contribution in [2.24, 2.45) is 5.73 Å². The Morgan fingerprint density at radius 3 is 2.62 bits per heavy atom. The minimum absolute atomic E-state index is 0. The standard InChI is InChI=1S/C27H32N6O5.CH4/c1-27(2,29)25(35)31-22(17-37-15-18-7-4-3-5-8-18)24-30-21(13-28)23-10-6-9-19(33(23)24)16-38-26(36)32-12-11-20(34)14-32;/h3-10,20,22,34H,11-12,14-17,29H2,1-2H3,(H,31,35);1H4/t20-,22?;/m1./s1. The molecule has 11 nitrogen and oxygen atoms in total. The molecule has 0 aliphatic carbocycles. The van der Waals surface area contributed by atoms with Crippen LogP contribution in [0.25, 0.3) is 5.52 Å². The van der Waals surface area contributed by atoms with Crippen molar-refractivity contribution >= 4 is 17.5 Å². The zero-order valence-corrected chi connectivity index (χ0v) is 21.5. The molecule has 2 aromatic heterocycles. The Balaban J connectivity index is 0.00000420. The van der Waals surface area contributed by atoms with Gasteiger partial charge in [-0.3, -0.25) is 9.20 Å². The third kappa shape index (κ3) is 7.11. The van der Waals surface area contributed by atoms with E-state index < -0.39 is 29.7 Å². The number of likely N-dealkylation sites (tertiary alicyclic amines) is 1. The first kappa shape index (κ1) is 29.6. The van der Waals surface area contributed by atoms with Crippen molar-refractivity contribution in [2.75, 3.05) is 19.7 Å². The number of β-amino-alcohol motifs (C(OH)–C–C–N with tert-alkyl or cyclic N) is 1. The molecule has 1 aromatic carbocycles. The zero-order valence-electron chi connectivity index (χ0n) is 21.5. The van der Waals surface area contributed by atoms with Gasteiger partial charge in [0.25, 0.3) is 0 Å². The molecule has 1 unspecified atom stereocenters. The predicted molar refractivity (Wildman–Crippen MR) is 144 cm³/mol. The van der Waals surface area contributed by atoms with E-state index in [1.165, 1.54) is 4.90 Å². The maximum absolute atomic E-state index is 12.9. The van der Waals surface area contributed by atoms with Gasteiger partial charge in [0.05, 0.1) is 36.1 Å². The van der Waals surface area contributed by atoms with E-state index in [0.29, 0.717) is 36.6 Å². The lowest BCUT2D eigenvalue weighted by Crippen LogP contribution is -2.51. The van der Waals surface area contributed by atoms with Crippen molar-refractivity contribution in [3.8, 4) is 6.07 Å². The highest BCUT2D eigenvalue weighted by molar-refractivity contribution is 5.85. The average Bonchev–Trinajstić information content (AvgIpc) is 3.50. The molecule has 3 aromatic rings. The largest absolute Gasteiger partial charge is 0.443 e. The molecule has 1 saturated heterocycles. The Labute approximate surface area is 228 Å². The molecule has 208 valence electrons. The summed E-state index contributed by atoms with van der Waals surface area (Å²) in [5, 5.41) is 22.4. The van der Waals surface area contributed by atoms with Crippen LogP contribution in [0.5, 0.6) is 0 Å². The highest BCUT2D eigenvalue weighted by Gasteiger charge is 2.30. The number of amides is 2. The highest BCUT2D eigenvalue weighted by Crippen LogP contribution is 2.23. The predicted octanol–water partition coefficient (Wildman–Crippen LogP) is 2.66. The van der Waals surface area contributed by atoms with Crippen molar-refractivity contribution in [3.05, 3.63) is 71.3 Å². The number of aromatic nitrogens is 2. The van der Waals surface area contributed by atoms with Crippen molar-refractivity contribution in [2.45, 2.75) is 58.6 Å². The fourth-order valence-electron chi connectivity index (χ4n) is 4.19. The van der Waals surface area contributed by atoms with Gasteiger partial charge in [-0.05, 0) is 38.0 Å². The Morgan fingerprint density at radius 1 is 1.23 bits per heavy atom. The number of aliphatic hydroxyl groups is 1. The molecule has 11 heteroatoms. The molecule has 0 saturated carbocycles. The number of nitrogens with zero attached hydrogens (tertiary/aromatic N) is 4. The van der Waals surface area contributed by atoms with Crippen LogP contribution in [0.15, 0.2) is 48.5 Å². The lowest BCUT2D eigenvalue weighted by molar-refractivity contribution is -0.126. The molecule has 1 fully saturated rings. The number of nitriles is 1. The van der Waals surface area contributed by atoms with Gasteiger partial charge < -0.3 is 30.5 Å². The number of hydrogen-bond donors (Lipinski definition) is 3. The molecule has 2 atom stereocenters. The number of carbonyl (C=O) groups excluding carboxylic acids is 2. The van der Waals surface area contributed by atoms with Crippen LogP contribution >= 0.6 is 0 Å². The Bertz CT molecular complexity index is 1330. The van der Waals surface area contributed by atoms with Crippen LogP contribution in [0, 0.1) is 11.3 Å². The molecule has 0 spiro atoms. The van der Waals surface area contributed by atoms with Gasteiger partial charge >= 0.3 is 6.09 Å². The number of carbonyl (C=O) groups is 2. The number of ether oxygens (including phenoxy) is 2. The van der Waals surface area contributed by atoms with Crippen molar-refractivity contribution in [1.82, 2.24) is 19.6 Å². The van der Waals surface area contributed by atoms with Gasteiger partial charge in [-0.25, -0.2) is 9.78 Å². The summed E-state index contributed by atoms with van der Waals surface area (Å²) in [7, 11) is 0. The maximum atomic E-state index is 12.9. The van der Waals surface area contributed by atoms with E-state index in [4.69, 9.17) is 15.2 Å². The number of nitrogens with two attached hydrogens (primary N) is 1. The third-order valence-corrected chi connectivity index (χ3v) is 6.24. The molecule has 1 aliphatic heterocycles. The molecule has 0 radical (unpaired) electrons. The highest BCUT2D eigenvalue weighted by atomic mass is 16.6. The minimum Gasteiger partial charge on any atom is -0.443 e. The summed E-state index contributed by atoms with van der Waals surface area (Å²) in [6, 6.07) is 16.2. The second-order valence-corrected chi connectivity index (χ2v) is 9.86. The first-order valence-electron chi connectivity index (χ1n) is 12.4. The SMILES string of the molecule is C.CC(C)(N)C(=O)NC(COCc1ccccc1)c1nc(C#N)c2cccc(COC(=O)N3CC[C@@H](O)C3)n12. The number of rotatable bonds is 9. The Hall–Kier alpha value is -3.98. The molecule has 4 N–H and O–H groups in total. The van der Waals surface area contributed by atoms with Gasteiger partial charge in [-0.1, -0.05) is 43.8 Å². The van der Waals surface area contributed by atoms with Gasteiger partial charge in [0.15, 0.2) is 5.69 Å². The molecule has 4 rings (SSSR count). The van der Waals surface area contributed by atoms with E-state index in [-0.39, 0.29) is 32.9 Å². The number of fused-ring (bicyclic) bond motifs is 1. The molecule has 39 heavy (non-hydrogen) atoms. The molecule has 0 bridgehead atoms. The third-order valence-electron chi connectivity index (χ3n) is 6.24. The van der Waals surface area contributed by atoms with Crippen LogP contribution in [0.2, 0.25) is 0 Å². The molecule has 3 heterocycles. The summed E-state index contributed by atoms with van der Waals surface area (Å²) in [6.07, 6.45) is -0.595. The van der Waals surface area contributed by atoms with Crippen LogP contribution in [0.4, 0.5) is 4.79 Å². The topological polar surface area (TPSA) is 155 Å². The first-order chi connectivity index (χ1) is 18.2. The van der Waals surface area contributed by atoms with Gasteiger partial charge in [0.1, 0.15) is 24.5 Å². The molecular weight excluding hydrogens is 500 g/mol. The molecule has 1 aliphatic rings. The van der Waals surface area contributed by atoms with E-state index >= 15 is 0 Å². The quantitative estimate of drug-likeness (QED) is 0.377. The normalized spacial score (nSPS) is 15.9. The fraction of sp³-hybridized carbons (Fsp3) is 0.429. The summed E-state index contributed by atoms with van der Waals surface area (Å²) in [5.41, 5.74) is 7.04. The monoisotopic (exact) mass is 536 g/mol. The summed E-state index contributed by atoms with van der Waals surface area (Å²) in [6.45, 7) is 4.08. The summed E-state index contributed by atoms with van der Waals surface area (Å²) in [4.78, 5) is 31.4. The van der Waals surface area contributed by atoms with Gasteiger partial charge in [-0.2, -0.15) is 5.26 Å². The van der Waals surface area contributed by atoms with Crippen LogP contribution in [0.1, 0.15) is 56.5 Å². The van der Waals surface area contributed by atoms with Crippen molar-refractivity contribution in [3.63, 3.8) is 0 Å². The molecule has 2 amide bonds. The van der Waals surface area contributed by atoms with Crippen LogP contribution in [0.3, 0.4) is 0 Å². The van der Waals surface area contributed by atoms with Crippen molar-refractivity contribution < 1.29 is 24.2 Å². The second kappa shape index (κ2) is 12.7. The van der Waals surface area contributed by atoms with Gasteiger partial charge in [0, 0.05) is 13.1 Å². The minimum atomic E-state index is -1.17. The number of nitrogens with one attached hydrogen (secondary N) is 1. The van der Waals surface area contributed by atoms with Crippen LogP contribution in [-0.2, 0) is 27.5 Å². The lowest BCUT2D eigenvalue weighted by Gasteiger charge is -2.24. The van der Waals surface area contributed by atoms with Gasteiger partial charge in [-0.15, -0.1) is 0 Å². The van der Waals surface area contributed by atoms with Crippen molar-refractivity contribution in [1.29, 1.82) is 5.26 Å². The summed E-state index contributed by atoms with van der Waals surface area (Å²) >= 11 is 0. The summed E-state index contributed by atoms with van der Waals surface area (Å²) < 4.78 is 13.2. The number of hydrogen-bond acceptors (Lipinski definition) is 8. The maximum Gasteiger partial charge on any atom is 0.410 e. The number of benzene rings is 1. The lowest BCUT2D eigenvalue weighted by atomic mass is 10.1. The number of imidazole rings is 1. The van der Waals surface area contributed by atoms with Crippen LogP contribution in [-0.4, -0.2) is 62.7 Å². The molecular formula is C28H36N6O5. The van der Waals surface area contributed by atoms with E-state index in [9.17, 15) is 20.0 Å². The van der Waals surface area contributed by atoms with E-state index in [1.807, 2.05) is 30.3 Å². The fourth-order valence-corrected chi connectivity index (χ4v) is 4.19. The van der Waals surface area contributed by atoms with Gasteiger partial charge in [0.2, 0.25) is 5.91 Å². The Morgan fingerprint density at radius 2 is 1.97 bits per heavy atom. The number of pyridine rings is 1. The van der Waals surface area contributed by atoms with E-state index in [0.717, 1.165) is 5.56 Å². The second-order valence-electron chi connectivity index (χ2n) is 9.86. The van der Waals surface area contributed by atoms with E-state index in [1.54, 1.807) is 36.4 Å². The number of aliphatic hydroxyl groups excluding tert-OH is 1. The van der Waals surface area contributed by atoms with Crippen LogP contribution < -0.4 is 11.1 Å². The zero-order chi connectivity index (χ0) is 27.3. The smallest absolute Gasteiger partial charge is 0.410 e. The average molecular weight is 537 g/mol. The first-order valence-corrected chi connectivity index (χ1v) is 12.4. The Kier molecular flexibility index (Phi) is 9.64. The van der Waals surface area contributed by atoms with E-state index in [2.05, 4.69) is 16.4 Å².